The fourth-order valence-corrected chi connectivity index (χ4v) is 4.05. The molecule has 1 unspecified atom stereocenters. The molecule has 2 heterocycles. The summed E-state index contributed by atoms with van der Waals surface area (Å²) >= 11 is 0. The topological polar surface area (TPSA) is 56.2 Å². The van der Waals surface area contributed by atoms with Crippen molar-refractivity contribution in [2.45, 2.75) is 56.7 Å². The lowest BCUT2D eigenvalue weighted by Gasteiger charge is -2.32. The van der Waals surface area contributed by atoms with Crippen molar-refractivity contribution < 1.29 is 9.53 Å². The molecule has 1 amide bonds. The summed E-state index contributed by atoms with van der Waals surface area (Å²) in [6.45, 7) is 0.959. The van der Waals surface area contributed by atoms with Gasteiger partial charge in [0.25, 0.3) is 0 Å². The zero-order valence-corrected chi connectivity index (χ0v) is 13.3. The molecule has 1 aromatic heterocycles. The van der Waals surface area contributed by atoms with E-state index in [0.29, 0.717) is 13.2 Å². The molecule has 5 nitrogen and oxygen atoms in total. The number of carbonyl (C=O) groups is 1. The Morgan fingerprint density at radius 3 is 3.00 bits per heavy atom. The Balaban J connectivity index is 1.37. The lowest BCUT2D eigenvalue weighted by atomic mass is 9.82. The quantitative estimate of drug-likeness (QED) is 0.948. The normalized spacial score (nSPS) is 23.4. The summed E-state index contributed by atoms with van der Waals surface area (Å²) in [5.74, 6) is 0.0367. The first-order valence-electron chi connectivity index (χ1n) is 8.57. The summed E-state index contributed by atoms with van der Waals surface area (Å²) in [7, 11) is 0. The van der Waals surface area contributed by atoms with E-state index in [4.69, 9.17) is 4.74 Å². The van der Waals surface area contributed by atoms with E-state index in [1.807, 2.05) is 28.8 Å². The second-order valence-corrected chi connectivity index (χ2v) is 6.88. The van der Waals surface area contributed by atoms with Crippen molar-refractivity contribution in [1.82, 2.24) is 14.9 Å². The summed E-state index contributed by atoms with van der Waals surface area (Å²) in [5.41, 5.74) is 1.96. The van der Waals surface area contributed by atoms with Crippen LogP contribution >= 0.6 is 0 Å². The van der Waals surface area contributed by atoms with Crippen molar-refractivity contribution in [2.75, 3.05) is 6.61 Å². The minimum absolute atomic E-state index is 0.0367. The van der Waals surface area contributed by atoms with Crippen LogP contribution < -0.4 is 5.32 Å². The minimum Gasteiger partial charge on any atom is -0.373 e. The molecule has 2 fully saturated rings. The molecular formula is C18H23N3O2. The van der Waals surface area contributed by atoms with Gasteiger partial charge >= 0.3 is 0 Å². The third kappa shape index (κ3) is 2.98. The molecule has 1 N–H and O–H groups in total. The second-order valence-electron chi connectivity index (χ2n) is 6.88. The van der Waals surface area contributed by atoms with Crippen LogP contribution in [0.1, 0.15) is 38.5 Å². The number of fused-ring (bicyclic) bond motifs is 1. The highest BCUT2D eigenvalue weighted by molar-refractivity contribution is 5.80. The van der Waals surface area contributed by atoms with Gasteiger partial charge in [0.05, 0.1) is 35.6 Å². The molecule has 0 radical (unpaired) electrons. The molecule has 5 heteroatoms. The molecular weight excluding hydrogens is 290 g/mol. The smallest absolute Gasteiger partial charge is 0.240 e. The summed E-state index contributed by atoms with van der Waals surface area (Å²) in [6.07, 6.45) is 8.80. The van der Waals surface area contributed by atoms with Crippen LogP contribution in [0, 0.1) is 0 Å². The molecule has 0 bridgehead atoms. The first-order chi connectivity index (χ1) is 11.2. The van der Waals surface area contributed by atoms with Gasteiger partial charge in [-0.15, -0.1) is 0 Å². The zero-order chi connectivity index (χ0) is 15.7. The van der Waals surface area contributed by atoms with Gasteiger partial charge in [-0.05, 0) is 31.4 Å². The molecule has 122 valence electrons. The van der Waals surface area contributed by atoms with Gasteiger partial charge < -0.3 is 14.6 Å². The van der Waals surface area contributed by atoms with Gasteiger partial charge in [-0.1, -0.05) is 31.4 Å². The molecule has 4 rings (SSSR count). The average Bonchev–Trinajstić information content (AvgIpc) is 3.13. The minimum atomic E-state index is 0.0367. The van der Waals surface area contributed by atoms with Crippen LogP contribution in [0.25, 0.3) is 11.0 Å². The van der Waals surface area contributed by atoms with Gasteiger partial charge in [0.15, 0.2) is 0 Å². The molecule has 1 saturated heterocycles. The fraction of sp³-hybridized carbons (Fsp3) is 0.556. The number of hydrogen-bond acceptors (Lipinski definition) is 3. The third-order valence-electron chi connectivity index (χ3n) is 5.18. The number of para-hydroxylation sites is 2. The fourth-order valence-electron chi connectivity index (χ4n) is 4.05. The van der Waals surface area contributed by atoms with Crippen molar-refractivity contribution in [1.29, 1.82) is 0 Å². The Labute approximate surface area is 136 Å². The Bertz CT molecular complexity index is 703. The largest absolute Gasteiger partial charge is 0.373 e. The highest BCUT2D eigenvalue weighted by atomic mass is 16.5. The summed E-state index contributed by atoms with van der Waals surface area (Å²) in [4.78, 5) is 16.7. The maximum Gasteiger partial charge on any atom is 0.240 e. The van der Waals surface area contributed by atoms with Crippen LogP contribution in [0.5, 0.6) is 0 Å². The van der Waals surface area contributed by atoms with E-state index >= 15 is 0 Å². The summed E-state index contributed by atoms with van der Waals surface area (Å²) < 4.78 is 7.97. The lowest BCUT2D eigenvalue weighted by Crippen LogP contribution is -2.39. The number of nitrogens with one attached hydrogen (secondary N) is 1. The molecule has 1 atom stereocenters. The number of ether oxygens (including phenoxy) is 1. The van der Waals surface area contributed by atoms with E-state index in [1.165, 1.54) is 19.3 Å². The van der Waals surface area contributed by atoms with Crippen LogP contribution in [0.4, 0.5) is 0 Å². The summed E-state index contributed by atoms with van der Waals surface area (Å²) in [5, 5.41) is 3.14. The van der Waals surface area contributed by atoms with Gasteiger partial charge in [0.2, 0.25) is 5.91 Å². The Morgan fingerprint density at radius 1 is 1.30 bits per heavy atom. The predicted molar refractivity (Wildman–Crippen MR) is 88.0 cm³/mol. The van der Waals surface area contributed by atoms with Crippen molar-refractivity contribution in [2.24, 2.45) is 0 Å². The Hall–Kier alpha value is -1.88. The van der Waals surface area contributed by atoms with E-state index in [2.05, 4.69) is 10.3 Å². The number of nitrogens with zero attached hydrogens (tertiary/aromatic N) is 2. The lowest BCUT2D eigenvalue weighted by molar-refractivity contribution is -0.122. The SMILES string of the molecule is O=C(Cn1cnc2ccccc21)NC1COC2(CCCCC2)C1. The van der Waals surface area contributed by atoms with Crippen LogP contribution in [0.15, 0.2) is 30.6 Å². The van der Waals surface area contributed by atoms with Gasteiger partial charge in [0.1, 0.15) is 6.54 Å². The van der Waals surface area contributed by atoms with Crippen molar-refractivity contribution in [3.05, 3.63) is 30.6 Å². The molecule has 2 aliphatic rings. The number of imidazole rings is 1. The number of aromatic nitrogens is 2. The summed E-state index contributed by atoms with van der Waals surface area (Å²) in [6, 6.07) is 8.03. The number of amides is 1. The molecule has 1 saturated carbocycles. The maximum absolute atomic E-state index is 12.4. The van der Waals surface area contributed by atoms with Crippen molar-refractivity contribution in [3.63, 3.8) is 0 Å². The van der Waals surface area contributed by atoms with Crippen LogP contribution in [0.3, 0.4) is 0 Å². The zero-order valence-electron chi connectivity index (χ0n) is 13.3. The Morgan fingerprint density at radius 2 is 2.13 bits per heavy atom. The number of rotatable bonds is 3. The second kappa shape index (κ2) is 5.96. The predicted octanol–water partition coefficient (Wildman–Crippen LogP) is 2.64. The van der Waals surface area contributed by atoms with Gasteiger partial charge in [-0.25, -0.2) is 4.98 Å². The van der Waals surface area contributed by atoms with Crippen molar-refractivity contribution >= 4 is 16.9 Å². The first kappa shape index (κ1) is 14.7. The Kier molecular flexibility index (Phi) is 3.81. The number of benzene rings is 1. The number of carbonyl (C=O) groups excluding carboxylic acids is 1. The molecule has 1 aliphatic carbocycles. The van der Waals surface area contributed by atoms with E-state index in [0.717, 1.165) is 30.3 Å². The highest BCUT2D eigenvalue weighted by Crippen LogP contribution is 2.39. The molecule has 1 aromatic carbocycles. The van der Waals surface area contributed by atoms with Crippen molar-refractivity contribution in [3.8, 4) is 0 Å². The molecule has 1 spiro atoms. The third-order valence-corrected chi connectivity index (χ3v) is 5.18. The van der Waals surface area contributed by atoms with Gasteiger partial charge in [-0.3, -0.25) is 4.79 Å². The van der Waals surface area contributed by atoms with Crippen LogP contribution in [0.2, 0.25) is 0 Å². The molecule has 1 aliphatic heterocycles. The monoisotopic (exact) mass is 313 g/mol. The average molecular weight is 313 g/mol. The van der Waals surface area contributed by atoms with Crippen LogP contribution in [-0.2, 0) is 16.1 Å². The highest BCUT2D eigenvalue weighted by Gasteiger charge is 2.41. The number of hydrogen-bond donors (Lipinski definition) is 1. The molecule has 2 aromatic rings. The maximum atomic E-state index is 12.4. The standard InChI is InChI=1S/C18H23N3O2/c22-17(11-21-13-19-15-6-2-3-7-16(15)21)20-14-10-18(23-12-14)8-4-1-5-9-18/h2-3,6-7,13-14H,1,4-5,8-12H2,(H,20,22). The van der Waals surface area contributed by atoms with Crippen LogP contribution in [-0.4, -0.2) is 33.7 Å². The van der Waals surface area contributed by atoms with Gasteiger partial charge in [0, 0.05) is 0 Å². The van der Waals surface area contributed by atoms with E-state index < -0.39 is 0 Å². The van der Waals surface area contributed by atoms with E-state index in [1.54, 1.807) is 6.33 Å². The van der Waals surface area contributed by atoms with E-state index in [9.17, 15) is 4.79 Å². The van der Waals surface area contributed by atoms with Gasteiger partial charge in [-0.2, -0.15) is 0 Å². The first-order valence-corrected chi connectivity index (χ1v) is 8.57. The van der Waals surface area contributed by atoms with E-state index in [-0.39, 0.29) is 17.6 Å². The molecule has 23 heavy (non-hydrogen) atoms.